The third kappa shape index (κ3) is 8.10. The van der Waals surface area contributed by atoms with Gasteiger partial charge < -0.3 is 33.4 Å². The molecule has 2 N–H and O–H groups in total. The molecule has 14 nitrogen and oxygen atoms in total. The molecule has 0 spiro atoms. The molecule has 2 heterocycles. The fourth-order valence-corrected chi connectivity index (χ4v) is 4.58. The highest BCUT2D eigenvalue weighted by Gasteiger charge is 2.52. The van der Waals surface area contributed by atoms with Crippen LogP contribution in [-0.4, -0.2) is 72.0 Å². The number of nitrogens with zero attached hydrogens (tertiary/aromatic N) is 1. The summed E-state index contributed by atoms with van der Waals surface area (Å²) < 4.78 is 32.5. The van der Waals surface area contributed by atoms with Crippen molar-refractivity contribution in [3.8, 4) is 0 Å². The summed E-state index contributed by atoms with van der Waals surface area (Å²) in [7, 11) is 0. The normalized spacial score (nSPS) is 22.0. The van der Waals surface area contributed by atoms with Crippen molar-refractivity contribution in [2.75, 3.05) is 6.61 Å². The van der Waals surface area contributed by atoms with Crippen molar-refractivity contribution < 1.29 is 47.3 Å². The lowest BCUT2D eigenvalue weighted by atomic mass is 9.97. The van der Waals surface area contributed by atoms with Crippen molar-refractivity contribution in [2.45, 2.75) is 72.2 Å². The fourth-order valence-electron chi connectivity index (χ4n) is 4.42. The summed E-state index contributed by atoms with van der Waals surface area (Å²) in [6.07, 6.45) is -6.52. The van der Waals surface area contributed by atoms with Crippen molar-refractivity contribution in [1.82, 2.24) is 10.7 Å². The molecule has 1 fully saturated rings. The number of hydrogen-bond donors (Lipinski definition) is 2. The molecule has 1 aromatic heterocycles. The predicted molar refractivity (Wildman–Crippen MR) is 150 cm³/mol. The summed E-state index contributed by atoms with van der Waals surface area (Å²) in [5, 5.41) is 7.56. The van der Waals surface area contributed by atoms with Gasteiger partial charge in [-0.15, -0.1) is 0 Å². The van der Waals surface area contributed by atoms with Gasteiger partial charge in [0.1, 0.15) is 18.3 Å². The van der Waals surface area contributed by atoms with E-state index in [0.29, 0.717) is 11.1 Å². The number of carbonyl (C=O) groups excluding carboxylic acids is 4. The van der Waals surface area contributed by atoms with E-state index in [-0.39, 0.29) is 16.4 Å². The van der Waals surface area contributed by atoms with E-state index in [1.807, 2.05) is 12.1 Å². The van der Waals surface area contributed by atoms with Crippen molar-refractivity contribution >= 4 is 57.9 Å². The number of esters is 4. The SMILES string of the molecule is CC(=O)OC[C@H]1O[C@@H](NC(=S)N/N=C(\C)c2c(C)c3ccccc3oc2=O)[C@H](OC(C)=O)[C@@H](OC(C)=O)[C@H]1OC(C)=O. The van der Waals surface area contributed by atoms with Crippen molar-refractivity contribution in [3.05, 3.63) is 45.8 Å². The molecular formula is C27H31N3O11S. The zero-order valence-corrected chi connectivity index (χ0v) is 24.6. The molecule has 1 aromatic carbocycles. The first-order valence-corrected chi connectivity index (χ1v) is 13.1. The summed E-state index contributed by atoms with van der Waals surface area (Å²) in [5.41, 5.74) is 3.59. The zero-order valence-electron chi connectivity index (χ0n) is 23.7. The summed E-state index contributed by atoms with van der Waals surface area (Å²) >= 11 is 5.35. The third-order valence-corrected chi connectivity index (χ3v) is 6.23. The molecule has 3 rings (SSSR count). The Kier molecular flexibility index (Phi) is 10.7. The highest BCUT2D eigenvalue weighted by atomic mass is 32.1. The second-order valence-electron chi connectivity index (χ2n) is 9.29. The van der Waals surface area contributed by atoms with E-state index in [4.69, 9.17) is 40.3 Å². The van der Waals surface area contributed by atoms with Gasteiger partial charge in [-0.2, -0.15) is 5.10 Å². The number of fused-ring (bicyclic) bond motifs is 1. The lowest BCUT2D eigenvalue weighted by Crippen LogP contribution is -2.66. The van der Waals surface area contributed by atoms with E-state index < -0.39 is 66.8 Å². The summed E-state index contributed by atoms with van der Waals surface area (Å²) in [4.78, 5) is 60.0. The van der Waals surface area contributed by atoms with E-state index in [9.17, 15) is 24.0 Å². The second-order valence-corrected chi connectivity index (χ2v) is 9.70. The minimum Gasteiger partial charge on any atom is -0.463 e. The van der Waals surface area contributed by atoms with Gasteiger partial charge in [0.05, 0.1) is 11.3 Å². The maximum atomic E-state index is 12.7. The van der Waals surface area contributed by atoms with Gasteiger partial charge in [0.15, 0.2) is 29.7 Å². The van der Waals surface area contributed by atoms with Crippen LogP contribution in [0.4, 0.5) is 0 Å². The first-order valence-electron chi connectivity index (χ1n) is 12.7. The summed E-state index contributed by atoms with van der Waals surface area (Å²) in [5.74, 6) is -2.94. The van der Waals surface area contributed by atoms with Crippen LogP contribution in [0.3, 0.4) is 0 Å². The van der Waals surface area contributed by atoms with Gasteiger partial charge in [-0.1, -0.05) is 18.2 Å². The van der Waals surface area contributed by atoms with Gasteiger partial charge in [-0.3, -0.25) is 24.6 Å². The Bertz CT molecular complexity index is 1470. The first-order chi connectivity index (χ1) is 19.8. The molecular weight excluding hydrogens is 574 g/mol. The van der Waals surface area contributed by atoms with Gasteiger partial charge in [-0.05, 0) is 37.7 Å². The molecule has 0 amide bonds. The number of thiocarbonyl (C=S) groups is 1. The van der Waals surface area contributed by atoms with Crippen LogP contribution >= 0.6 is 12.2 Å². The monoisotopic (exact) mass is 605 g/mol. The van der Waals surface area contributed by atoms with Gasteiger partial charge in [0.2, 0.25) is 0 Å². The molecule has 42 heavy (non-hydrogen) atoms. The molecule has 0 saturated carbocycles. The Hall–Kier alpha value is -4.37. The summed E-state index contributed by atoms with van der Waals surface area (Å²) in [6.45, 7) is 7.47. The molecule has 0 unspecified atom stereocenters. The number of aryl methyl sites for hydroxylation is 1. The third-order valence-electron chi connectivity index (χ3n) is 6.02. The number of ether oxygens (including phenoxy) is 5. The van der Waals surface area contributed by atoms with Gasteiger partial charge in [0.25, 0.3) is 0 Å². The van der Waals surface area contributed by atoms with E-state index >= 15 is 0 Å². The van der Waals surface area contributed by atoms with Gasteiger partial charge in [-0.25, -0.2) is 4.79 Å². The van der Waals surface area contributed by atoms with Crippen molar-refractivity contribution in [3.63, 3.8) is 0 Å². The molecule has 5 atom stereocenters. The average Bonchev–Trinajstić information content (AvgIpc) is 2.89. The lowest BCUT2D eigenvalue weighted by Gasteiger charge is -2.44. The molecule has 226 valence electrons. The number of benzene rings is 1. The second kappa shape index (κ2) is 14.0. The Balaban J connectivity index is 1.89. The molecule has 15 heteroatoms. The number of nitrogens with one attached hydrogen (secondary N) is 2. The van der Waals surface area contributed by atoms with Crippen LogP contribution in [0.25, 0.3) is 11.0 Å². The highest BCUT2D eigenvalue weighted by Crippen LogP contribution is 2.28. The molecule has 1 aliphatic heterocycles. The van der Waals surface area contributed by atoms with Crippen LogP contribution in [0.1, 0.15) is 45.7 Å². The number of carbonyl (C=O) groups is 4. The number of para-hydroxylation sites is 1. The van der Waals surface area contributed by atoms with Crippen molar-refractivity contribution in [2.24, 2.45) is 5.10 Å². The van der Waals surface area contributed by atoms with Gasteiger partial charge >= 0.3 is 29.5 Å². The van der Waals surface area contributed by atoms with Crippen LogP contribution in [0.2, 0.25) is 0 Å². The van der Waals surface area contributed by atoms with Crippen LogP contribution in [0.15, 0.2) is 38.6 Å². The number of hydrogen-bond acceptors (Lipinski definition) is 13. The average molecular weight is 606 g/mol. The smallest absolute Gasteiger partial charge is 0.345 e. The highest BCUT2D eigenvalue weighted by molar-refractivity contribution is 7.80. The summed E-state index contributed by atoms with van der Waals surface area (Å²) in [6, 6.07) is 7.07. The first kappa shape index (κ1) is 32.1. The number of rotatable bonds is 8. The molecule has 1 aliphatic rings. The molecule has 0 aliphatic carbocycles. The maximum absolute atomic E-state index is 12.7. The molecule has 1 saturated heterocycles. The van der Waals surface area contributed by atoms with Crippen molar-refractivity contribution in [1.29, 1.82) is 0 Å². The molecule has 0 bridgehead atoms. The maximum Gasteiger partial charge on any atom is 0.345 e. The van der Waals surface area contributed by atoms with Crippen LogP contribution in [0, 0.1) is 6.92 Å². The van der Waals surface area contributed by atoms with E-state index in [1.54, 1.807) is 26.0 Å². The van der Waals surface area contributed by atoms with Crippen LogP contribution in [0.5, 0.6) is 0 Å². The molecule has 0 radical (unpaired) electrons. The van der Waals surface area contributed by atoms with E-state index in [2.05, 4.69) is 15.8 Å². The molecule has 2 aromatic rings. The minimum atomic E-state index is -1.37. The topological polar surface area (TPSA) is 181 Å². The lowest BCUT2D eigenvalue weighted by molar-refractivity contribution is -0.254. The fraction of sp³-hybridized carbons (Fsp3) is 0.444. The zero-order chi connectivity index (χ0) is 31.1. The predicted octanol–water partition coefficient (Wildman–Crippen LogP) is 1.37. The standard InChI is InChI=1S/C27H31N3O11S/c1-12-18-9-7-8-10-19(18)41-26(35)21(12)13(2)29-30-27(42)28-25-24(39-17(6)34)23(38-16(5)33)22(37-15(4)32)20(40-25)11-36-14(3)31/h7-10,20,22-25H,11H2,1-6H3,(H2,28,30,42)/b29-13+/t20-,22+,23+,24-,25-/m1/s1. The van der Waals surface area contributed by atoms with E-state index in [0.717, 1.165) is 26.2 Å². The largest absolute Gasteiger partial charge is 0.463 e. The van der Waals surface area contributed by atoms with E-state index in [1.165, 1.54) is 6.92 Å². The van der Waals surface area contributed by atoms with Crippen LogP contribution in [-0.2, 0) is 42.9 Å². The quantitative estimate of drug-likeness (QED) is 0.110. The Morgan fingerprint density at radius 1 is 0.905 bits per heavy atom. The Morgan fingerprint density at radius 2 is 1.50 bits per heavy atom. The minimum absolute atomic E-state index is 0.141. The Labute approximate surface area is 245 Å². The van der Waals surface area contributed by atoms with Gasteiger partial charge in [0, 0.05) is 33.1 Å². The number of hydrazone groups is 1. The van der Waals surface area contributed by atoms with Crippen LogP contribution < -0.4 is 16.4 Å². The Morgan fingerprint density at radius 3 is 2.12 bits per heavy atom.